The highest BCUT2D eigenvalue weighted by Gasteiger charge is 2.21. The first-order chi connectivity index (χ1) is 13.7. The number of anilines is 2. The lowest BCUT2D eigenvalue weighted by Crippen LogP contribution is -2.40. The van der Waals surface area contributed by atoms with E-state index in [0.29, 0.717) is 17.6 Å². The van der Waals surface area contributed by atoms with Crippen LogP contribution < -0.4 is 10.6 Å². The second kappa shape index (κ2) is 10.6. The molecule has 1 aromatic rings. The maximum Gasteiger partial charge on any atom is 0.146 e. The average molecular weight is 385 g/mol. The minimum absolute atomic E-state index is 0.403. The van der Waals surface area contributed by atoms with Crippen LogP contribution in [0.4, 0.5) is 11.6 Å². The summed E-state index contributed by atoms with van der Waals surface area (Å²) in [5.74, 6) is 1.63. The third-order valence-corrected chi connectivity index (χ3v) is 5.96. The molecule has 0 amide bonds. The van der Waals surface area contributed by atoms with Crippen molar-refractivity contribution in [1.29, 1.82) is 5.26 Å². The van der Waals surface area contributed by atoms with E-state index in [4.69, 9.17) is 4.98 Å². The molecule has 0 spiro atoms. The number of pyridine rings is 1. The molecule has 0 saturated carbocycles. The highest BCUT2D eigenvalue weighted by Crippen LogP contribution is 2.22. The average Bonchev–Trinajstić information content (AvgIpc) is 2.72. The number of hydrogen-bond acceptors (Lipinski definition) is 6. The normalized spacial score (nSPS) is 20.0. The van der Waals surface area contributed by atoms with Gasteiger partial charge in [-0.2, -0.15) is 5.26 Å². The predicted molar refractivity (Wildman–Crippen MR) is 116 cm³/mol. The van der Waals surface area contributed by atoms with Crippen molar-refractivity contribution in [2.75, 3.05) is 49.9 Å². The Morgan fingerprint density at radius 3 is 1.96 bits per heavy atom. The van der Waals surface area contributed by atoms with Crippen LogP contribution in [0.2, 0.25) is 0 Å². The molecule has 3 rings (SSSR count). The van der Waals surface area contributed by atoms with Gasteiger partial charge in [0.2, 0.25) is 0 Å². The molecule has 0 unspecified atom stereocenters. The van der Waals surface area contributed by atoms with E-state index in [0.717, 1.165) is 63.5 Å². The van der Waals surface area contributed by atoms with Gasteiger partial charge in [0.1, 0.15) is 17.7 Å². The summed E-state index contributed by atoms with van der Waals surface area (Å²) in [6.45, 7) is 11.4. The molecule has 2 saturated heterocycles. The Morgan fingerprint density at radius 1 is 0.929 bits per heavy atom. The van der Waals surface area contributed by atoms with Gasteiger partial charge in [0, 0.05) is 38.3 Å². The van der Waals surface area contributed by atoms with Crippen molar-refractivity contribution >= 4 is 11.6 Å². The lowest BCUT2D eigenvalue weighted by molar-refractivity contribution is 0.219. The van der Waals surface area contributed by atoms with E-state index in [1.807, 2.05) is 12.1 Å². The molecule has 2 N–H and O–H groups in total. The van der Waals surface area contributed by atoms with Crippen molar-refractivity contribution in [3.63, 3.8) is 0 Å². The maximum atomic E-state index is 9.49. The smallest absolute Gasteiger partial charge is 0.146 e. The number of nitrogens with one attached hydrogen (secondary N) is 2. The van der Waals surface area contributed by atoms with Gasteiger partial charge >= 0.3 is 0 Å². The van der Waals surface area contributed by atoms with E-state index < -0.39 is 0 Å². The number of nitrogens with zero attached hydrogens (tertiary/aromatic N) is 4. The minimum Gasteiger partial charge on any atom is -0.367 e. The predicted octanol–water partition coefficient (Wildman–Crippen LogP) is 3.53. The molecule has 28 heavy (non-hydrogen) atoms. The van der Waals surface area contributed by atoms with Gasteiger partial charge in [-0.3, -0.25) is 0 Å². The van der Waals surface area contributed by atoms with Crippen LogP contribution in [0.1, 0.15) is 57.9 Å². The molecule has 0 atom stereocenters. The van der Waals surface area contributed by atoms with Crippen LogP contribution in [0.25, 0.3) is 0 Å². The Balaban J connectivity index is 1.56. The minimum atomic E-state index is 0.403. The molecule has 0 aromatic carbocycles. The summed E-state index contributed by atoms with van der Waals surface area (Å²) in [4.78, 5) is 9.84. The van der Waals surface area contributed by atoms with Gasteiger partial charge in [-0.1, -0.05) is 13.8 Å². The Bertz CT molecular complexity index is 639. The highest BCUT2D eigenvalue weighted by atomic mass is 15.2. The molecule has 0 aliphatic carbocycles. The number of aromatic nitrogens is 1. The van der Waals surface area contributed by atoms with Crippen LogP contribution in [0.5, 0.6) is 0 Å². The van der Waals surface area contributed by atoms with Crippen molar-refractivity contribution in [2.24, 2.45) is 0 Å². The molecule has 2 aliphatic heterocycles. The maximum absolute atomic E-state index is 9.49. The summed E-state index contributed by atoms with van der Waals surface area (Å²) in [5, 5.41) is 16.6. The zero-order valence-corrected chi connectivity index (χ0v) is 17.6. The Kier molecular flexibility index (Phi) is 7.93. The fraction of sp³-hybridized carbons (Fsp3) is 0.727. The summed E-state index contributed by atoms with van der Waals surface area (Å²) in [6, 6.07) is 7.02. The Labute approximate surface area is 170 Å². The zero-order valence-electron chi connectivity index (χ0n) is 17.6. The van der Waals surface area contributed by atoms with Crippen LogP contribution in [-0.4, -0.2) is 66.1 Å². The van der Waals surface area contributed by atoms with E-state index in [1.165, 1.54) is 25.9 Å². The molecule has 6 heteroatoms. The van der Waals surface area contributed by atoms with Gasteiger partial charge in [-0.05, 0) is 63.7 Å². The largest absolute Gasteiger partial charge is 0.367 e. The zero-order chi connectivity index (χ0) is 19.8. The third kappa shape index (κ3) is 5.83. The highest BCUT2D eigenvalue weighted by molar-refractivity contribution is 5.57. The molecular formula is C22H36N6. The van der Waals surface area contributed by atoms with Crippen molar-refractivity contribution < 1.29 is 0 Å². The number of rotatable bonds is 8. The third-order valence-electron chi connectivity index (χ3n) is 5.96. The second-order valence-electron chi connectivity index (χ2n) is 8.22. The van der Waals surface area contributed by atoms with Crippen molar-refractivity contribution in [3.8, 4) is 6.07 Å². The first-order valence-electron chi connectivity index (χ1n) is 11.1. The molecular weight excluding hydrogens is 348 g/mol. The van der Waals surface area contributed by atoms with E-state index in [1.54, 1.807) is 0 Å². The van der Waals surface area contributed by atoms with Gasteiger partial charge in [-0.25, -0.2) is 4.98 Å². The van der Waals surface area contributed by atoms with Gasteiger partial charge in [-0.15, -0.1) is 0 Å². The van der Waals surface area contributed by atoms with Crippen LogP contribution in [0, 0.1) is 11.3 Å². The first kappa shape index (κ1) is 20.9. The molecule has 154 valence electrons. The Morgan fingerprint density at radius 2 is 1.46 bits per heavy atom. The van der Waals surface area contributed by atoms with Crippen molar-refractivity contribution in [3.05, 3.63) is 17.7 Å². The molecule has 2 aliphatic rings. The number of piperidine rings is 2. The lowest BCUT2D eigenvalue weighted by atomic mass is 10.0. The second-order valence-corrected chi connectivity index (χ2v) is 8.22. The molecule has 3 heterocycles. The lowest BCUT2D eigenvalue weighted by Gasteiger charge is -2.33. The first-order valence-corrected chi connectivity index (χ1v) is 11.1. The summed E-state index contributed by atoms with van der Waals surface area (Å²) in [6.07, 6.45) is 6.96. The van der Waals surface area contributed by atoms with Gasteiger partial charge in [0.05, 0.1) is 5.56 Å². The van der Waals surface area contributed by atoms with Crippen molar-refractivity contribution in [2.45, 2.75) is 64.5 Å². The summed E-state index contributed by atoms with van der Waals surface area (Å²) in [7, 11) is 0. The van der Waals surface area contributed by atoms with Gasteiger partial charge in [0.25, 0.3) is 0 Å². The van der Waals surface area contributed by atoms with Gasteiger partial charge in [0.15, 0.2) is 0 Å². The van der Waals surface area contributed by atoms with Gasteiger partial charge < -0.3 is 20.4 Å². The number of hydrogen-bond donors (Lipinski definition) is 2. The molecule has 2 fully saturated rings. The fourth-order valence-corrected chi connectivity index (χ4v) is 4.38. The van der Waals surface area contributed by atoms with Crippen LogP contribution in [0.3, 0.4) is 0 Å². The summed E-state index contributed by atoms with van der Waals surface area (Å²) >= 11 is 0. The van der Waals surface area contributed by atoms with Crippen LogP contribution >= 0.6 is 0 Å². The topological polar surface area (TPSA) is 67.2 Å². The van der Waals surface area contributed by atoms with E-state index >= 15 is 0 Å². The SMILES string of the molecule is CCCN1CCC(Nc2ccc(C#N)c(NC3CCN(CCC)CC3)n2)CC1. The monoisotopic (exact) mass is 384 g/mol. The van der Waals surface area contributed by atoms with Crippen LogP contribution in [-0.2, 0) is 0 Å². The quantitative estimate of drug-likeness (QED) is 0.715. The fourth-order valence-electron chi connectivity index (χ4n) is 4.38. The molecule has 6 nitrogen and oxygen atoms in total. The molecule has 0 radical (unpaired) electrons. The number of nitriles is 1. The van der Waals surface area contributed by atoms with E-state index in [-0.39, 0.29) is 0 Å². The van der Waals surface area contributed by atoms with Crippen molar-refractivity contribution in [1.82, 2.24) is 14.8 Å². The standard InChI is InChI=1S/C22H36N6/c1-3-11-27-13-7-19(8-14-27)24-21-6-5-18(17-23)22(26-21)25-20-9-15-28(12-4-2)16-10-20/h5-6,19-20H,3-4,7-16H2,1-2H3,(H2,24,25,26). The molecule has 1 aromatic heterocycles. The summed E-state index contributed by atoms with van der Waals surface area (Å²) in [5.41, 5.74) is 0.638. The van der Waals surface area contributed by atoms with E-state index in [2.05, 4.69) is 40.4 Å². The Hall–Kier alpha value is -1.84. The van der Waals surface area contributed by atoms with E-state index in [9.17, 15) is 5.26 Å². The summed E-state index contributed by atoms with van der Waals surface area (Å²) < 4.78 is 0. The number of likely N-dealkylation sites (tertiary alicyclic amines) is 2. The molecule has 0 bridgehead atoms. The van der Waals surface area contributed by atoms with Crippen LogP contribution in [0.15, 0.2) is 12.1 Å².